The van der Waals surface area contributed by atoms with Gasteiger partial charge < -0.3 is 5.32 Å². The molecule has 6 nitrogen and oxygen atoms in total. The van der Waals surface area contributed by atoms with E-state index < -0.39 is 5.82 Å². The van der Waals surface area contributed by atoms with Gasteiger partial charge in [-0.25, -0.2) is 9.07 Å². The quantitative estimate of drug-likeness (QED) is 0.798. The van der Waals surface area contributed by atoms with Crippen LogP contribution in [0.15, 0.2) is 54.9 Å². The second-order valence-electron chi connectivity index (χ2n) is 4.27. The van der Waals surface area contributed by atoms with Gasteiger partial charge in [0.2, 0.25) is 0 Å². The molecule has 1 amide bonds. The van der Waals surface area contributed by atoms with Crippen LogP contribution >= 0.6 is 0 Å². The first-order chi connectivity index (χ1) is 10.2. The summed E-state index contributed by atoms with van der Waals surface area (Å²) < 4.78 is 14.6. The zero-order valence-electron chi connectivity index (χ0n) is 10.8. The molecule has 0 bridgehead atoms. The molecule has 0 radical (unpaired) electrons. The molecule has 0 saturated carbocycles. The minimum atomic E-state index is -0.448. The lowest BCUT2D eigenvalue weighted by molar-refractivity contribution is 0.102. The van der Waals surface area contributed by atoms with Crippen LogP contribution in [0.5, 0.6) is 0 Å². The van der Waals surface area contributed by atoms with Crippen LogP contribution in [0.4, 0.5) is 10.1 Å². The Kier molecular flexibility index (Phi) is 3.38. The van der Waals surface area contributed by atoms with Crippen molar-refractivity contribution >= 4 is 11.6 Å². The van der Waals surface area contributed by atoms with Crippen molar-refractivity contribution in [3.63, 3.8) is 0 Å². The maximum Gasteiger partial charge on any atom is 0.255 e. The number of rotatable bonds is 3. The third kappa shape index (κ3) is 2.92. The number of nitrogens with one attached hydrogen (secondary N) is 1. The summed E-state index contributed by atoms with van der Waals surface area (Å²) in [7, 11) is 0. The van der Waals surface area contributed by atoms with Crippen LogP contribution in [0.1, 0.15) is 10.4 Å². The monoisotopic (exact) mass is 283 g/mol. The van der Waals surface area contributed by atoms with Crippen molar-refractivity contribution in [2.45, 2.75) is 0 Å². The zero-order valence-corrected chi connectivity index (χ0v) is 10.8. The van der Waals surface area contributed by atoms with E-state index in [9.17, 15) is 9.18 Å². The van der Waals surface area contributed by atoms with Crippen LogP contribution in [0.3, 0.4) is 0 Å². The Morgan fingerprint density at radius 2 is 1.95 bits per heavy atom. The Bertz CT molecular complexity index is 755. The van der Waals surface area contributed by atoms with Crippen molar-refractivity contribution in [1.82, 2.24) is 20.2 Å². The second kappa shape index (κ2) is 5.49. The third-order valence-electron chi connectivity index (χ3n) is 2.83. The van der Waals surface area contributed by atoms with Crippen LogP contribution in [0, 0.1) is 5.82 Å². The number of amides is 1. The topological polar surface area (TPSA) is 72.7 Å². The highest BCUT2D eigenvalue weighted by Crippen LogP contribution is 2.13. The fraction of sp³-hybridized carbons (Fsp3) is 0. The van der Waals surface area contributed by atoms with Crippen LogP contribution in [-0.4, -0.2) is 26.1 Å². The summed E-state index contributed by atoms with van der Waals surface area (Å²) in [4.78, 5) is 12.0. The molecule has 0 spiro atoms. The average Bonchev–Trinajstić information content (AvgIpc) is 3.02. The van der Waals surface area contributed by atoms with Gasteiger partial charge in [-0.2, -0.15) is 0 Å². The number of anilines is 1. The number of hydrogen-bond donors (Lipinski definition) is 1. The molecule has 0 aliphatic heterocycles. The zero-order chi connectivity index (χ0) is 14.7. The first-order valence-corrected chi connectivity index (χ1v) is 6.13. The van der Waals surface area contributed by atoms with Gasteiger partial charge in [-0.15, -0.1) is 5.10 Å². The van der Waals surface area contributed by atoms with Crippen LogP contribution in [0.2, 0.25) is 0 Å². The Hall–Kier alpha value is -3.09. The molecule has 0 atom stereocenters. The minimum Gasteiger partial charge on any atom is -0.322 e. The van der Waals surface area contributed by atoms with Gasteiger partial charge in [0.25, 0.3) is 5.91 Å². The molecule has 21 heavy (non-hydrogen) atoms. The molecule has 104 valence electrons. The van der Waals surface area contributed by atoms with E-state index in [4.69, 9.17) is 0 Å². The summed E-state index contributed by atoms with van der Waals surface area (Å²) in [5.41, 5.74) is 1.63. The van der Waals surface area contributed by atoms with Crippen molar-refractivity contribution in [2.24, 2.45) is 0 Å². The molecule has 0 fully saturated rings. The van der Waals surface area contributed by atoms with Gasteiger partial charge in [-0.3, -0.25) is 4.79 Å². The van der Waals surface area contributed by atoms with E-state index in [2.05, 4.69) is 20.8 Å². The average molecular weight is 283 g/mol. The van der Waals surface area contributed by atoms with Crippen molar-refractivity contribution in [3.8, 4) is 5.69 Å². The fourth-order valence-corrected chi connectivity index (χ4v) is 1.81. The molecule has 7 heteroatoms. The Labute approximate surface area is 119 Å². The molecular weight excluding hydrogens is 273 g/mol. The summed E-state index contributed by atoms with van der Waals surface area (Å²) in [6.07, 6.45) is 1.47. The van der Waals surface area contributed by atoms with Crippen LogP contribution in [0.25, 0.3) is 5.69 Å². The standard InChI is InChI=1S/C14H10FN5O/c15-11-3-1-2-10(8-11)14(21)17-12-4-6-13(7-5-12)20-9-16-18-19-20/h1-9H,(H,17,21). The van der Waals surface area contributed by atoms with E-state index in [-0.39, 0.29) is 11.5 Å². The predicted octanol–water partition coefficient (Wildman–Crippen LogP) is 2.05. The highest BCUT2D eigenvalue weighted by molar-refractivity contribution is 6.04. The van der Waals surface area contributed by atoms with Crippen molar-refractivity contribution in [2.75, 3.05) is 5.32 Å². The summed E-state index contributed by atoms with van der Waals surface area (Å²) >= 11 is 0. The van der Waals surface area contributed by atoms with E-state index in [1.54, 1.807) is 30.3 Å². The third-order valence-corrected chi connectivity index (χ3v) is 2.83. The van der Waals surface area contributed by atoms with Gasteiger partial charge in [-0.05, 0) is 52.9 Å². The lowest BCUT2D eigenvalue weighted by Gasteiger charge is -2.06. The number of hydrogen-bond acceptors (Lipinski definition) is 4. The summed E-state index contributed by atoms with van der Waals surface area (Å²) in [6.45, 7) is 0. The predicted molar refractivity (Wildman–Crippen MR) is 73.5 cm³/mol. The van der Waals surface area contributed by atoms with Gasteiger partial charge in [0, 0.05) is 11.3 Å². The van der Waals surface area contributed by atoms with E-state index in [1.165, 1.54) is 29.2 Å². The Morgan fingerprint density at radius 1 is 1.14 bits per heavy atom. The van der Waals surface area contributed by atoms with Crippen molar-refractivity contribution in [1.29, 1.82) is 0 Å². The number of tetrazole rings is 1. The van der Waals surface area contributed by atoms with Crippen LogP contribution in [-0.2, 0) is 0 Å². The van der Waals surface area contributed by atoms with Crippen LogP contribution < -0.4 is 5.32 Å². The molecule has 1 heterocycles. The van der Waals surface area contributed by atoms with Gasteiger partial charge >= 0.3 is 0 Å². The fourth-order valence-electron chi connectivity index (χ4n) is 1.81. The lowest BCUT2D eigenvalue weighted by atomic mass is 10.2. The number of nitrogens with zero attached hydrogens (tertiary/aromatic N) is 4. The summed E-state index contributed by atoms with van der Waals surface area (Å²) in [6, 6.07) is 12.5. The SMILES string of the molecule is O=C(Nc1ccc(-n2cnnn2)cc1)c1cccc(F)c1. The number of carbonyl (C=O) groups excluding carboxylic acids is 1. The van der Waals surface area contributed by atoms with Crippen molar-refractivity contribution < 1.29 is 9.18 Å². The summed E-state index contributed by atoms with van der Waals surface area (Å²) in [5, 5.41) is 13.5. The molecule has 0 saturated heterocycles. The molecule has 0 unspecified atom stereocenters. The van der Waals surface area contributed by atoms with Crippen molar-refractivity contribution in [3.05, 3.63) is 66.2 Å². The summed E-state index contributed by atoms with van der Waals surface area (Å²) in [5.74, 6) is -0.818. The highest BCUT2D eigenvalue weighted by Gasteiger charge is 2.07. The maximum atomic E-state index is 13.1. The van der Waals surface area contributed by atoms with Gasteiger partial charge in [0.1, 0.15) is 12.1 Å². The molecule has 1 N–H and O–H groups in total. The van der Waals surface area contributed by atoms with E-state index >= 15 is 0 Å². The van der Waals surface area contributed by atoms with Gasteiger partial charge in [0.15, 0.2) is 0 Å². The molecule has 3 aromatic rings. The molecule has 3 rings (SSSR count). The normalized spacial score (nSPS) is 10.3. The van der Waals surface area contributed by atoms with E-state index in [0.717, 1.165) is 5.69 Å². The first-order valence-electron chi connectivity index (χ1n) is 6.13. The molecule has 0 aliphatic carbocycles. The molecule has 0 aliphatic rings. The molecule has 2 aromatic carbocycles. The number of halogens is 1. The van der Waals surface area contributed by atoms with E-state index in [0.29, 0.717) is 5.69 Å². The van der Waals surface area contributed by atoms with E-state index in [1.807, 2.05) is 0 Å². The smallest absolute Gasteiger partial charge is 0.255 e. The Balaban J connectivity index is 1.75. The van der Waals surface area contributed by atoms with Gasteiger partial charge in [-0.1, -0.05) is 6.07 Å². The lowest BCUT2D eigenvalue weighted by Crippen LogP contribution is -2.12. The molecule has 1 aromatic heterocycles. The second-order valence-corrected chi connectivity index (χ2v) is 4.27. The molecular formula is C14H10FN5O. The highest BCUT2D eigenvalue weighted by atomic mass is 19.1. The Morgan fingerprint density at radius 3 is 2.62 bits per heavy atom. The number of benzene rings is 2. The number of carbonyl (C=O) groups is 1. The first kappa shape index (κ1) is 12.9. The number of aromatic nitrogens is 4. The maximum absolute atomic E-state index is 13.1. The largest absolute Gasteiger partial charge is 0.322 e. The van der Waals surface area contributed by atoms with Gasteiger partial charge in [0.05, 0.1) is 5.69 Å². The minimum absolute atomic E-state index is 0.263.